The highest BCUT2D eigenvalue weighted by atomic mass is 127. The van der Waals surface area contributed by atoms with Crippen LogP contribution in [-0.2, 0) is 0 Å². The zero-order valence-corrected chi connectivity index (χ0v) is 14.3. The second-order valence-corrected chi connectivity index (χ2v) is 6.41. The molecule has 4 heteroatoms. The molecule has 1 N–H and O–H groups in total. The molecular weight excluding hydrogens is 377 g/mol. The number of amides is 1. The standard InChI is InChI=1S/C17H18INO2/c1-12(2)11-21-16-6-4-3-5-15(16)19-17(20)13-7-9-14(18)10-8-13/h3-10,12H,11H2,1-2H3,(H,19,20). The number of ether oxygens (including phenoxy) is 1. The molecule has 0 atom stereocenters. The van der Waals surface area contributed by atoms with Gasteiger partial charge in [-0.15, -0.1) is 0 Å². The summed E-state index contributed by atoms with van der Waals surface area (Å²) in [5, 5.41) is 2.90. The van der Waals surface area contributed by atoms with E-state index in [9.17, 15) is 4.79 Å². The lowest BCUT2D eigenvalue weighted by Gasteiger charge is -2.13. The Kier molecular flexibility index (Phi) is 5.61. The maximum Gasteiger partial charge on any atom is 0.255 e. The Labute approximate surface area is 138 Å². The number of anilines is 1. The van der Waals surface area contributed by atoms with Gasteiger partial charge in [0.2, 0.25) is 0 Å². The smallest absolute Gasteiger partial charge is 0.255 e. The summed E-state index contributed by atoms with van der Waals surface area (Å²) >= 11 is 2.21. The summed E-state index contributed by atoms with van der Waals surface area (Å²) in [5.74, 6) is 1.00. The lowest BCUT2D eigenvalue weighted by atomic mass is 10.2. The molecule has 0 aliphatic rings. The molecule has 0 radical (unpaired) electrons. The number of benzene rings is 2. The average molecular weight is 395 g/mol. The van der Waals surface area contributed by atoms with Gasteiger partial charge in [0.15, 0.2) is 0 Å². The topological polar surface area (TPSA) is 38.3 Å². The normalized spacial score (nSPS) is 10.5. The van der Waals surface area contributed by atoms with Crippen LogP contribution in [0.2, 0.25) is 0 Å². The van der Waals surface area contributed by atoms with Gasteiger partial charge in [0.05, 0.1) is 12.3 Å². The van der Waals surface area contributed by atoms with Crippen LogP contribution in [0.4, 0.5) is 5.69 Å². The summed E-state index contributed by atoms with van der Waals surface area (Å²) in [6, 6.07) is 14.9. The van der Waals surface area contributed by atoms with E-state index in [1.807, 2.05) is 48.5 Å². The molecule has 0 fully saturated rings. The van der Waals surface area contributed by atoms with Gasteiger partial charge in [-0.25, -0.2) is 0 Å². The highest BCUT2D eigenvalue weighted by Gasteiger charge is 2.10. The lowest BCUT2D eigenvalue weighted by Crippen LogP contribution is -2.13. The second kappa shape index (κ2) is 7.45. The van der Waals surface area contributed by atoms with Crippen LogP contribution in [0.3, 0.4) is 0 Å². The van der Waals surface area contributed by atoms with Crippen LogP contribution in [0.15, 0.2) is 48.5 Å². The van der Waals surface area contributed by atoms with Crippen LogP contribution in [0.5, 0.6) is 5.75 Å². The van der Waals surface area contributed by atoms with Crippen LogP contribution >= 0.6 is 22.6 Å². The lowest BCUT2D eigenvalue weighted by molar-refractivity contribution is 0.102. The maximum absolute atomic E-state index is 12.2. The number of nitrogens with one attached hydrogen (secondary N) is 1. The molecule has 0 saturated carbocycles. The molecule has 0 aromatic heterocycles. The van der Waals surface area contributed by atoms with Crippen LogP contribution in [0.25, 0.3) is 0 Å². The minimum atomic E-state index is -0.132. The average Bonchev–Trinajstić information content (AvgIpc) is 2.47. The van der Waals surface area contributed by atoms with Crippen molar-refractivity contribution in [3.8, 4) is 5.75 Å². The van der Waals surface area contributed by atoms with Gasteiger partial charge in [0, 0.05) is 9.13 Å². The summed E-state index contributed by atoms with van der Waals surface area (Å²) < 4.78 is 6.84. The van der Waals surface area contributed by atoms with E-state index in [1.165, 1.54) is 0 Å². The van der Waals surface area contributed by atoms with Gasteiger partial charge < -0.3 is 10.1 Å². The molecule has 0 unspecified atom stereocenters. The van der Waals surface area contributed by atoms with Crippen molar-refractivity contribution in [3.63, 3.8) is 0 Å². The summed E-state index contributed by atoms with van der Waals surface area (Å²) in [6.07, 6.45) is 0. The fourth-order valence-electron chi connectivity index (χ4n) is 1.75. The third-order valence-corrected chi connectivity index (χ3v) is 3.53. The Morgan fingerprint density at radius 1 is 1.14 bits per heavy atom. The van der Waals surface area contributed by atoms with Gasteiger partial charge in [0.25, 0.3) is 5.91 Å². The van der Waals surface area contributed by atoms with Crippen LogP contribution in [0.1, 0.15) is 24.2 Å². The second-order valence-electron chi connectivity index (χ2n) is 5.16. The van der Waals surface area contributed by atoms with Gasteiger partial charge >= 0.3 is 0 Å². The minimum Gasteiger partial charge on any atom is -0.491 e. The van der Waals surface area contributed by atoms with E-state index in [-0.39, 0.29) is 5.91 Å². The van der Waals surface area contributed by atoms with Crippen molar-refractivity contribution < 1.29 is 9.53 Å². The Hall–Kier alpha value is -1.56. The Balaban J connectivity index is 2.11. The summed E-state index contributed by atoms with van der Waals surface area (Å²) in [4.78, 5) is 12.2. The highest BCUT2D eigenvalue weighted by Crippen LogP contribution is 2.25. The van der Waals surface area contributed by atoms with Crippen molar-refractivity contribution in [1.82, 2.24) is 0 Å². The predicted octanol–water partition coefficient (Wildman–Crippen LogP) is 4.58. The summed E-state index contributed by atoms with van der Waals surface area (Å²) in [7, 11) is 0. The van der Waals surface area contributed by atoms with Gasteiger partial charge in [-0.05, 0) is 64.9 Å². The number of hydrogen-bond donors (Lipinski definition) is 1. The van der Waals surface area contributed by atoms with Crippen molar-refractivity contribution in [3.05, 3.63) is 57.7 Å². The number of rotatable bonds is 5. The first-order chi connectivity index (χ1) is 10.1. The molecular formula is C17H18INO2. The molecule has 3 nitrogen and oxygen atoms in total. The molecule has 0 spiro atoms. The third kappa shape index (κ3) is 4.74. The molecule has 1 amide bonds. The largest absolute Gasteiger partial charge is 0.491 e. The molecule has 0 bridgehead atoms. The van der Waals surface area contributed by atoms with Crippen molar-refractivity contribution in [2.45, 2.75) is 13.8 Å². The molecule has 0 aliphatic heterocycles. The van der Waals surface area contributed by atoms with Crippen molar-refractivity contribution >= 4 is 34.2 Å². The predicted molar refractivity (Wildman–Crippen MR) is 93.9 cm³/mol. The molecule has 21 heavy (non-hydrogen) atoms. The van der Waals surface area contributed by atoms with Gasteiger partial charge in [0.1, 0.15) is 5.75 Å². The fourth-order valence-corrected chi connectivity index (χ4v) is 2.11. The number of halogens is 1. The Morgan fingerprint density at radius 3 is 2.48 bits per heavy atom. The van der Waals surface area contributed by atoms with Crippen LogP contribution in [-0.4, -0.2) is 12.5 Å². The van der Waals surface area contributed by atoms with Gasteiger partial charge in [-0.2, -0.15) is 0 Å². The maximum atomic E-state index is 12.2. The summed E-state index contributed by atoms with van der Waals surface area (Å²) in [5.41, 5.74) is 1.33. The van der Waals surface area contributed by atoms with Crippen molar-refractivity contribution in [2.75, 3.05) is 11.9 Å². The van der Waals surface area contributed by atoms with E-state index in [1.54, 1.807) is 0 Å². The quantitative estimate of drug-likeness (QED) is 0.753. The molecule has 0 heterocycles. The number of carbonyl (C=O) groups excluding carboxylic acids is 1. The molecule has 2 aromatic rings. The zero-order chi connectivity index (χ0) is 15.2. The number of para-hydroxylation sites is 2. The highest BCUT2D eigenvalue weighted by molar-refractivity contribution is 14.1. The zero-order valence-electron chi connectivity index (χ0n) is 12.1. The Bertz CT molecular complexity index is 608. The Morgan fingerprint density at radius 2 is 1.81 bits per heavy atom. The molecule has 2 rings (SSSR count). The van der Waals surface area contributed by atoms with E-state index in [2.05, 4.69) is 41.8 Å². The van der Waals surface area contributed by atoms with E-state index < -0.39 is 0 Å². The van der Waals surface area contributed by atoms with E-state index in [0.29, 0.717) is 29.5 Å². The van der Waals surface area contributed by atoms with Crippen LogP contribution in [0, 0.1) is 9.49 Å². The fraction of sp³-hybridized carbons (Fsp3) is 0.235. The molecule has 110 valence electrons. The first-order valence-corrected chi connectivity index (χ1v) is 7.93. The molecule has 0 aliphatic carbocycles. The van der Waals surface area contributed by atoms with E-state index in [0.717, 1.165) is 3.57 Å². The molecule has 2 aromatic carbocycles. The van der Waals surface area contributed by atoms with Crippen LogP contribution < -0.4 is 10.1 Å². The third-order valence-electron chi connectivity index (χ3n) is 2.81. The summed E-state index contributed by atoms with van der Waals surface area (Å²) in [6.45, 7) is 4.80. The van der Waals surface area contributed by atoms with Crippen molar-refractivity contribution in [1.29, 1.82) is 0 Å². The number of hydrogen-bond acceptors (Lipinski definition) is 2. The van der Waals surface area contributed by atoms with Gasteiger partial charge in [-0.1, -0.05) is 26.0 Å². The SMILES string of the molecule is CC(C)COc1ccccc1NC(=O)c1ccc(I)cc1. The number of carbonyl (C=O) groups is 1. The van der Waals surface area contributed by atoms with E-state index >= 15 is 0 Å². The first-order valence-electron chi connectivity index (χ1n) is 6.85. The van der Waals surface area contributed by atoms with Gasteiger partial charge in [-0.3, -0.25) is 4.79 Å². The monoisotopic (exact) mass is 395 g/mol. The van der Waals surface area contributed by atoms with Crippen molar-refractivity contribution in [2.24, 2.45) is 5.92 Å². The molecule has 0 saturated heterocycles. The van der Waals surface area contributed by atoms with E-state index in [4.69, 9.17) is 4.74 Å². The first kappa shape index (κ1) is 15.8. The minimum absolute atomic E-state index is 0.132.